The number of carbonyl (C=O) groups excluding carboxylic acids is 1. The Morgan fingerprint density at radius 1 is 1.77 bits per heavy atom. The summed E-state index contributed by atoms with van der Waals surface area (Å²) in [4.78, 5) is 11.0. The first-order chi connectivity index (χ1) is 6.33. The van der Waals surface area contributed by atoms with Gasteiger partial charge in [-0.05, 0) is 0 Å². The fourth-order valence-corrected chi connectivity index (χ4v) is 0.703. The van der Waals surface area contributed by atoms with Crippen molar-refractivity contribution in [1.82, 2.24) is 10.5 Å². The van der Waals surface area contributed by atoms with Gasteiger partial charge in [0.05, 0.1) is 12.8 Å². The Hall–Kier alpha value is -1.56. The molecule has 1 rings (SSSR count). The molecule has 2 N–H and O–H groups in total. The summed E-state index contributed by atoms with van der Waals surface area (Å²) in [6, 6.07) is 1.21. The predicted octanol–water partition coefficient (Wildman–Crippen LogP) is 0.442. The first-order valence-corrected chi connectivity index (χ1v) is 3.77. The van der Waals surface area contributed by atoms with Crippen molar-refractivity contribution in [3.63, 3.8) is 0 Å². The number of hydrogen-bond donors (Lipinski definition) is 2. The Balaban J connectivity index is 2.18. The van der Waals surface area contributed by atoms with Crippen LogP contribution in [0.3, 0.4) is 0 Å². The van der Waals surface area contributed by atoms with E-state index in [2.05, 4.69) is 20.3 Å². The van der Waals surface area contributed by atoms with Gasteiger partial charge >= 0.3 is 6.03 Å². The van der Waals surface area contributed by atoms with Crippen molar-refractivity contribution in [3.8, 4) is 0 Å². The normalized spacial score (nSPS) is 9.62. The third kappa shape index (κ3) is 3.57. The third-order valence-electron chi connectivity index (χ3n) is 1.27. The average Bonchev–Trinajstić information content (AvgIpc) is 2.57. The van der Waals surface area contributed by atoms with Crippen molar-refractivity contribution in [2.75, 3.05) is 25.6 Å². The predicted molar refractivity (Wildman–Crippen MR) is 45.4 cm³/mol. The number of urea groups is 1. The summed E-state index contributed by atoms with van der Waals surface area (Å²) in [6.07, 6.45) is 1.45. The first-order valence-electron chi connectivity index (χ1n) is 3.77. The largest absolute Gasteiger partial charge is 0.383 e. The van der Waals surface area contributed by atoms with Crippen LogP contribution < -0.4 is 10.6 Å². The van der Waals surface area contributed by atoms with Gasteiger partial charge in [0, 0.05) is 19.7 Å². The minimum atomic E-state index is -0.339. The zero-order chi connectivity index (χ0) is 9.52. The maximum atomic E-state index is 11.0. The highest BCUT2D eigenvalue weighted by Crippen LogP contribution is 2.01. The van der Waals surface area contributed by atoms with Crippen molar-refractivity contribution in [2.45, 2.75) is 0 Å². The number of nitrogens with one attached hydrogen (secondary N) is 2. The molecule has 13 heavy (non-hydrogen) atoms. The van der Waals surface area contributed by atoms with E-state index in [4.69, 9.17) is 4.74 Å². The van der Waals surface area contributed by atoms with Gasteiger partial charge in [-0.15, -0.1) is 0 Å². The molecule has 0 aliphatic heterocycles. The number of ether oxygens (including phenoxy) is 1. The van der Waals surface area contributed by atoms with E-state index in [-0.39, 0.29) is 6.03 Å². The fourth-order valence-electron chi connectivity index (χ4n) is 0.703. The second-order valence-electron chi connectivity index (χ2n) is 2.25. The molecule has 0 aliphatic rings. The second kappa shape index (κ2) is 5.15. The molecule has 0 saturated carbocycles. The molecule has 0 spiro atoms. The van der Waals surface area contributed by atoms with Gasteiger partial charge in [0.1, 0.15) is 0 Å². The lowest BCUT2D eigenvalue weighted by Crippen LogP contribution is -2.31. The van der Waals surface area contributed by atoms with Crippen molar-refractivity contribution >= 4 is 11.9 Å². The average molecular weight is 185 g/mol. The summed E-state index contributed by atoms with van der Waals surface area (Å²) in [5, 5.41) is 8.43. The number of anilines is 1. The van der Waals surface area contributed by atoms with Crippen LogP contribution >= 0.6 is 0 Å². The highest BCUT2D eigenvalue weighted by molar-refractivity contribution is 5.87. The van der Waals surface area contributed by atoms with E-state index in [0.29, 0.717) is 19.0 Å². The first kappa shape index (κ1) is 9.53. The maximum Gasteiger partial charge on any atom is 0.321 e. The third-order valence-corrected chi connectivity index (χ3v) is 1.27. The molecular formula is C7H11N3O3. The van der Waals surface area contributed by atoms with Crippen LogP contribution in [0.5, 0.6) is 0 Å². The summed E-state index contributed by atoms with van der Waals surface area (Å²) >= 11 is 0. The van der Waals surface area contributed by atoms with Crippen LogP contribution in [0.25, 0.3) is 0 Å². The molecule has 6 nitrogen and oxygen atoms in total. The summed E-state index contributed by atoms with van der Waals surface area (Å²) < 4.78 is 9.41. The zero-order valence-corrected chi connectivity index (χ0v) is 7.24. The van der Waals surface area contributed by atoms with Gasteiger partial charge in [0.2, 0.25) is 5.88 Å². The highest BCUT2D eigenvalue weighted by Gasteiger charge is 2.02. The van der Waals surface area contributed by atoms with E-state index < -0.39 is 0 Å². The summed E-state index contributed by atoms with van der Waals surface area (Å²) in [6.45, 7) is 0.931. The molecule has 72 valence electrons. The van der Waals surface area contributed by atoms with Crippen LogP contribution in [-0.4, -0.2) is 31.4 Å². The van der Waals surface area contributed by atoms with Crippen molar-refractivity contribution in [1.29, 1.82) is 0 Å². The number of aromatic nitrogens is 1. The number of hydrogen-bond acceptors (Lipinski definition) is 4. The monoisotopic (exact) mass is 185 g/mol. The number of rotatable bonds is 4. The highest BCUT2D eigenvalue weighted by atomic mass is 16.5. The Labute approximate surface area is 75.2 Å². The summed E-state index contributed by atoms with van der Waals surface area (Å²) in [7, 11) is 1.57. The molecule has 0 radical (unpaired) electrons. The van der Waals surface area contributed by atoms with E-state index in [1.807, 2.05) is 0 Å². The Bertz CT molecular complexity index is 247. The molecule has 0 saturated heterocycles. The Morgan fingerprint density at radius 3 is 3.23 bits per heavy atom. The molecule has 1 heterocycles. The van der Waals surface area contributed by atoms with Gasteiger partial charge in [-0.2, -0.15) is 0 Å². The minimum absolute atomic E-state index is 0.315. The molecular weight excluding hydrogens is 174 g/mol. The number of amides is 2. The van der Waals surface area contributed by atoms with E-state index >= 15 is 0 Å². The van der Waals surface area contributed by atoms with Gasteiger partial charge in [-0.25, -0.2) is 4.79 Å². The van der Waals surface area contributed by atoms with Crippen molar-refractivity contribution < 1.29 is 14.1 Å². The smallest absolute Gasteiger partial charge is 0.321 e. The Morgan fingerprint density at radius 2 is 2.62 bits per heavy atom. The molecule has 1 aromatic heterocycles. The molecule has 6 heteroatoms. The zero-order valence-electron chi connectivity index (χ0n) is 7.24. The molecule has 2 amide bonds. The van der Waals surface area contributed by atoms with E-state index in [1.165, 1.54) is 6.20 Å². The van der Waals surface area contributed by atoms with Crippen LogP contribution in [0, 0.1) is 0 Å². The molecule has 1 aromatic rings. The molecule has 0 bridgehead atoms. The quantitative estimate of drug-likeness (QED) is 0.667. The fraction of sp³-hybridized carbons (Fsp3) is 0.429. The molecule has 0 aliphatic carbocycles. The Kier molecular flexibility index (Phi) is 3.77. The van der Waals surface area contributed by atoms with Gasteiger partial charge in [-0.1, -0.05) is 5.16 Å². The SMILES string of the molecule is COCCNC(=O)Nc1ccno1. The standard InChI is InChI=1S/C7H11N3O3/c1-12-5-4-8-7(11)10-6-2-3-9-13-6/h2-3H,4-5H2,1H3,(H2,8,10,11). The minimum Gasteiger partial charge on any atom is -0.383 e. The van der Waals surface area contributed by atoms with Gasteiger partial charge < -0.3 is 14.6 Å². The lowest BCUT2D eigenvalue weighted by atomic mass is 10.6. The van der Waals surface area contributed by atoms with Crippen LogP contribution in [0.2, 0.25) is 0 Å². The molecule has 0 atom stereocenters. The van der Waals surface area contributed by atoms with Crippen molar-refractivity contribution in [2.24, 2.45) is 0 Å². The molecule has 0 unspecified atom stereocenters. The van der Waals surface area contributed by atoms with Gasteiger partial charge in [0.15, 0.2) is 0 Å². The summed E-state index contributed by atoms with van der Waals surface area (Å²) in [5.74, 6) is 0.315. The van der Waals surface area contributed by atoms with E-state index in [9.17, 15) is 4.79 Å². The molecule has 0 fully saturated rings. The van der Waals surface area contributed by atoms with Gasteiger partial charge in [-0.3, -0.25) is 5.32 Å². The maximum absolute atomic E-state index is 11.0. The lowest BCUT2D eigenvalue weighted by molar-refractivity contribution is 0.198. The number of methoxy groups -OCH3 is 1. The van der Waals surface area contributed by atoms with Crippen LogP contribution in [0.15, 0.2) is 16.8 Å². The number of carbonyl (C=O) groups is 1. The van der Waals surface area contributed by atoms with Crippen molar-refractivity contribution in [3.05, 3.63) is 12.3 Å². The van der Waals surface area contributed by atoms with Crippen LogP contribution in [-0.2, 0) is 4.74 Å². The number of nitrogens with zero attached hydrogens (tertiary/aromatic N) is 1. The van der Waals surface area contributed by atoms with E-state index in [1.54, 1.807) is 13.2 Å². The second-order valence-corrected chi connectivity index (χ2v) is 2.25. The van der Waals surface area contributed by atoms with Crippen LogP contribution in [0.1, 0.15) is 0 Å². The van der Waals surface area contributed by atoms with Crippen LogP contribution in [0.4, 0.5) is 10.7 Å². The lowest BCUT2D eigenvalue weighted by Gasteiger charge is -2.03. The van der Waals surface area contributed by atoms with E-state index in [0.717, 1.165) is 0 Å². The molecule has 0 aromatic carbocycles. The van der Waals surface area contributed by atoms with Gasteiger partial charge in [0.25, 0.3) is 0 Å². The summed E-state index contributed by atoms with van der Waals surface area (Å²) in [5.41, 5.74) is 0. The topological polar surface area (TPSA) is 76.4 Å².